The van der Waals surface area contributed by atoms with Crippen LogP contribution in [0.4, 0.5) is 0 Å². The predicted octanol–water partition coefficient (Wildman–Crippen LogP) is 4.05. The molecule has 0 amide bonds. The number of nitrogens with zero attached hydrogens (tertiary/aromatic N) is 1. The fourth-order valence-electron chi connectivity index (χ4n) is 3.59. The van der Waals surface area contributed by atoms with Crippen molar-refractivity contribution in [3.8, 4) is 5.75 Å². The summed E-state index contributed by atoms with van der Waals surface area (Å²) in [6.07, 6.45) is 4.33. The lowest BCUT2D eigenvalue weighted by atomic mass is 9.72. The molecule has 2 aliphatic rings. The minimum absolute atomic E-state index is 0.308. The van der Waals surface area contributed by atoms with Crippen LogP contribution >= 0.6 is 0 Å². The fourth-order valence-corrected chi connectivity index (χ4v) is 3.59. The third-order valence-electron chi connectivity index (χ3n) is 5.09. The van der Waals surface area contributed by atoms with E-state index in [9.17, 15) is 5.11 Å². The van der Waals surface area contributed by atoms with Gasteiger partial charge in [0, 0.05) is 12.0 Å². The highest BCUT2D eigenvalue weighted by Gasteiger charge is 2.47. The highest BCUT2D eigenvalue weighted by molar-refractivity contribution is 5.94. The van der Waals surface area contributed by atoms with Gasteiger partial charge in [0.2, 0.25) is 0 Å². The smallest absolute Gasteiger partial charge is 0.199 e. The molecule has 1 heterocycles. The molecule has 1 aliphatic heterocycles. The third kappa shape index (κ3) is 2.31. The molecule has 1 unspecified atom stereocenters. The van der Waals surface area contributed by atoms with E-state index in [1.807, 2.05) is 36.4 Å². The van der Waals surface area contributed by atoms with Crippen molar-refractivity contribution in [1.82, 2.24) is 0 Å². The first-order chi connectivity index (χ1) is 11.3. The van der Waals surface area contributed by atoms with E-state index in [0.29, 0.717) is 18.4 Å². The Morgan fingerprint density at radius 2 is 1.74 bits per heavy atom. The number of aromatic hydroxyl groups is 1. The van der Waals surface area contributed by atoms with Crippen molar-refractivity contribution in [2.45, 2.75) is 37.1 Å². The topological polar surface area (TPSA) is 41.8 Å². The number of rotatable bonds is 3. The van der Waals surface area contributed by atoms with Crippen LogP contribution in [0, 0.1) is 0 Å². The van der Waals surface area contributed by atoms with Gasteiger partial charge in [-0.05, 0) is 30.9 Å². The number of phenolic OH excluding ortho intramolecular Hbond substituents is 1. The van der Waals surface area contributed by atoms with Gasteiger partial charge in [0.25, 0.3) is 0 Å². The minimum atomic E-state index is -0.470. The molecule has 23 heavy (non-hydrogen) atoms. The van der Waals surface area contributed by atoms with E-state index in [4.69, 9.17) is 9.73 Å². The number of phenols is 1. The second-order valence-electron chi connectivity index (χ2n) is 6.41. The van der Waals surface area contributed by atoms with Gasteiger partial charge in [-0.25, -0.2) is 0 Å². The van der Waals surface area contributed by atoms with Crippen molar-refractivity contribution in [3.63, 3.8) is 0 Å². The highest BCUT2D eigenvalue weighted by Crippen LogP contribution is 2.45. The third-order valence-corrected chi connectivity index (χ3v) is 5.09. The zero-order valence-corrected chi connectivity index (χ0v) is 13.1. The maximum Gasteiger partial charge on any atom is 0.199 e. The van der Waals surface area contributed by atoms with E-state index in [2.05, 4.69) is 12.1 Å². The van der Waals surface area contributed by atoms with Gasteiger partial charge in [-0.1, -0.05) is 48.5 Å². The molecule has 3 nitrogen and oxygen atoms in total. The van der Waals surface area contributed by atoms with Gasteiger partial charge in [0.05, 0.1) is 12.6 Å². The maximum atomic E-state index is 10.5. The summed E-state index contributed by atoms with van der Waals surface area (Å²) >= 11 is 0. The van der Waals surface area contributed by atoms with Crippen molar-refractivity contribution in [3.05, 3.63) is 65.7 Å². The van der Waals surface area contributed by atoms with Crippen LogP contribution in [0.2, 0.25) is 0 Å². The molecule has 1 saturated carbocycles. The first kappa shape index (κ1) is 14.3. The number of ether oxygens (including phenoxy) is 1. The van der Waals surface area contributed by atoms with Gasteiger partial charge in [0.15, 0.2) is 5.90 Å². The van der Waals surface area contributed by atoms with E-state index in [1.165, 1.54) is 6.42 Å². The largest absolute Gasteiger partial charge is 0.508 e. The average molecular weight is 307 g/mol. The van der Waals surface area contributed by atoms with Gasteiger partial charge >= 0.3 is 0 Å². The van der Waals surface area contributed by atoms with Gasteiger partial charge in [0.1, 0.15) is 11.2 Å². The van der Waals surface area contributed by atoms with Crippen LogP contribution < -0.4 is 0 Å². The first-order valence-electron chi connectivity index (χ1n) is 8.36. The number of para-hydroxylation sites is 1. The van der Waals surface area contributed by atoms with Crippen molar-refractivity contribution in [1.29, 1.82) is 0 Å². The zero-order valence-electron chi connectivity index (χ0n) is 13.1. The fraction of sp³-hybridized carbons (Fsp3) is 0.350. The summed E-state index contributed by atoms with van der Waals surface area (Å²) in [5.41, 5.74) is 1.56. The van der Waals surface area contributed by atoms with E-state index >= 15 is 0 Å². The zero-order chi connectivity index (χ0) is 15.7. The Bertz CT molecular complexity index is 721. The lowest BCUT2D eigenvalue weighted by molar-refractivity contribution is 0.331. The second kappa shape index (κ2) is 5.73. The Morgan fingerprint density at radius 1 is 1.00 bits per heavy atom. The van der Waals surface area contributed by atoms with Gasteiger partial charge in [-0.15, -0.1) is 0 Å². The van der Waals surface area contributed by atoms with E-state index in [-0.39, 0.29) is 0 Å². The Morgan fingerprint density at radius 3 is 2.43 bits per heavy atom. The van der Waals surface area contributed by atoms with Gasteiger partial charge in [-0.3, -0.25) is 4.99 Å². The van der Waals surface area contributed by atoms with Crippen LogP contribution in [0.1, 0.15) is 36.8 Å². The normalized spacial score (nSPS) is 26.0. The molecule has 0 aromatic heterocycles. The van der Waals surface area contributed by atoms with Crippen LogP contribution in [0.3, 0.4) is 0 Å². The molecule has 1 N–H and O–H groups in total. The monoisotopic (exact) mass is 307 g/mol. The number of hydrogen-bond acceptors (Lipinski definition) is 3. The Hall–Kier alpha value is -2.29. The maximum absolute atomic E-state index is 10.5. The summed E-state index contributed by atoms with van der Waals surface area (Å²) in [6, 6.07) is 18.3. The molecule has 3 heteroatoms. The van der Waals surface area contributed by atoms with Gasteiger partial charge < -0.3 is 9.84 Å². The van der Waals surface area contributed by atoms with Crippen molar-refractivity contribution in [2.24, 2.45) is 4.99 Å². The van der Waals surface area contributed by atoms with Crippen molar-refractivity contribution >= 4 is 5.90 Å². The molecule has 4 rings (SSSR count). The summed E-state index contributed by atoms with van der Waals surface area (Å²) in [5.74, 6) is 1.08. The molecular weight excluding hydrogens is 286 g/mol. The molecule has 0 spiro atoms. The Labute approximate surface area is 136 Å². The van der Waals surface area contributed by atoms with Gasteiger partial charge in [-0.2, -0.15) is 0 Å². The number of aliphatic imine (C=N–C) groups is 1. The summed E-state index contributed by atoms with van der Waals surface area (Å²) in [4.78, 5) is 4.91. The lowest BCUT2D eigenvalue weighted by Crippen LogP contribution is -2.35. The predicted molar refractivity (Wildman–Crippen MR) is 91.0 cm³/mol. The molecular formula is C20H21NO2. The molecule has 1 aliphatic carbocycles. The minimum Gasteiger partial charge on any atom is -0.508 e. The van der Waals surface area contributed by atoms with E-state index in [1.54, 1.807) is 6.07 Å². The molecule has 2 aromatic rings. The Kier molecular flexibility index (Phi) is 3.56. The summed E-state index contributed by atoms with van der Waals surface area (Å²) in [6.45, 7) is 0.634. The number of hydrogen-bond donors (Lipinski definition) is 1. The summed E-state index contributed by atoms with van der Waals surface area (Å²) < 4.78 is 5.98. The molecule has 1 atom stereocenters. The SMILES string of the molecule is Oc1ccccc1C1(c2ccccc2)CCOC1=NC1CCC1. The summed E-state index contributed by atoms with van der Waals surface area (Å²) in [7, 11) is 0. The van der Waals surface area contributed by atoms with Crippen molar-refractivity contribution in [2.75, 3.05) is 6.61 Å². The van der Waals surface area contributed by atoms with Crippen LogP contribution in [0.5, 0.6) is 5.75 Å². The van der Waals surface area contributed by atoms with E-state index < -0.39 is 5.41 Å². The van der Waals surface area contributed by atoms with Crippen molar-refractivity contribution < 1.29 is 9.84 Å². The average Bonchev–Trinajstić information content (AvgIpc) is 2.97. The second-order valence-corrected chi connectivity index (χ2v) is 6.41. The van der Waals surface area contributed by atoms with Crippen LogP contribution in [-0.2, 0) is 10.2 Å². The van der Waals surface area contributed by atoms with Crippen LogP contribution in [0.25, 0.3) is 0 Å². The first-order valence-corrected chi connectivity index (χ1v) is 8.36. The molecule has 1 saturated heterocycles. The van der Waals surface area contributed by atoms with E-state index in [0.717, 1.165) is 36.3 Å². The van der Waals surface area contributed by atoms with Crippen LogP contribution in [-0.4, -0.2) is 23.7 Å². The standard InChI is InChI=1S/C20H21NO2/c22-18-12-5-4-11-17(18)20(15-7-2-1-3-8-15)13-14-23-19(20)21-16-9-6-10-16/h1-5,7-8,11-12,16,22H,6,9-10,13-14H2. The highest BCUT2D eigenvalue weighted by atomic mass is 16.5. The lowest BCUT2D eigenvalue weighted by Gasteiger charge is -2.31. The molecule has 2 fully saturated rings. The summed E-state index contributed by atoms with van der Waals surface area (Å²) in [5, 5.41) is 10.5. The molecule has 118 valence electrons. The van der Waals surface area contributed by atoms with Crippen LogP contribution in [0.15, 0.2) is 59.6 Å². The molecule has 0 radical (unpaired) electrons. The number of benzene rings is 2. The molecule has 2 aromatic carbocycles. The Balaban J connectivity index is 1.91. The molecule has 0 bridgehead atoms. The quantitative estimate of drug-likeness (QED) is 0.929.